The van der Waals surface area contributed by atoms with Crippen LogP contribution in [0.4, 0.5) is 4.39 Å². The van der Waals surface area contributed by atoms with Crippen LogP contribution in [0.1, 0.15) is 21.7 Å². The van der Waals surface area contributed by atoms with Crippen LogP contribution in [0.15, 0.2) is 106 Å². The van der Waals surface area contributed by atoms with E-state index in [4.69, 9.17) is 4.98 Å². The first-order valence-corrected chi connectivity index (χ1v) is 14.5. The fourth-order valence-corrected chi connectivity index (χ4v) is 6.85. The van der Waals surface area contributed by atoms with Crippen molar-refractivity contribution in [2.45, 2.75) is 19.0 Å². The Kier molecular flexibility index (Phi) is 6.96. The number of rotatable bonds is 7. The lowest BCUT2D eigenvalue weighted by Crippen LogP contribution is -2.22. The molecule has 198 valence electrons. The first kappa shape index (κ1) is 26.0. The number of carbonyl (C=O) groups is 1. The van der Waals surface area contributed by atoms with E-state index in [-0.39, 0.29) is 22.9 Å². The van der Waals surface area contributed by atoms with E-state index in [1.54, 1.807) is 10.6 Å². The Hall–Kier alpha value is -4.27. The predicted octanol–water partition coefficient (Wildman–Crippen LogP) is 7.64. The number of nitrogens with zero attached hydrogens (tertiary/aromatic N) is 3. The maximum atomic E-state index is 14.0. The third-order valence-corrected chi connectivity index (χ3v) is 8.62. The molecule has 0 amide bonds. The molecule has 0 bridgehead atoms. The fourth-order valence-electron chi connectivity index (χ4n) is 4.97. The standard InChI is InChI=1S/C32H24FN3O2S2/c1-20-16-26(21(2)35(20)25-15-9-12-23(33)17-25)28(37)19-40-32-34-30-29(27(18-39-30)22-10-5-3-6-11-22)31(38)36(32)24-13-7-4-8-14-24/h3-18H,19H2,1-2H3. The Balaban J connectivity index is 1.39. The van der Waals surface area contributed by atoms with Gasteiger partial charge in [-0.1, -0.05) is 66.4 Å². The molecule has 0 aliphatic rings. The first-order valence-electron chi connectivity index (χ1n) is 12.7. The molecule has 8 heteroatoms. The van der Waals surface area contributed by atoms with Crippen molar-refractivity contribution in [2.75, 3.05) is 5.75 Å². The number of ketones is 1. The lowest BCUT2D eigenvalue weighted by molar-refractivity contribution is 0.102. The van der Waals surface area contributed by atoms with Crippen LogP contribution in [0.3, 0.4) is 0 Å². The summed E-state index contributed by atoms with van der Waals surface area (Å²) in [6, 6.07) is 27.3. The zero-order valence-corrected chi connectivity index (χ0v) is 23.4. The zero-order chi connectivity index (χ0) is 27.8. The smallest absolute Gasteiger partial charge is 0.268 e. The van der Waals surface area contributed by atoms with E-state index in [0.29, 0.717) is 32.3 Å². The highest BCUT2D eigenvalue weighted by Gasteiger charge is 2.21. The Labute approximate surface area is 238 Å². The minimum absolute atomic E-state index is 0.0918. The van der Waals surface area contributed by atoms with Crippen LogP contribution in [0.2, 0.25) is 0 Å². The minimum atomic E-state index is -0.335. The molecule has 0 fully saturated rings. The van der Waals surface area contributed by atoms with Gasteiger partial charge in [-0.25, -0.2) is 9.37 Å². The number of fused-ring (bicyclic) bond motifs is 1. The maximum Gasteiger partial charge on any atom is 0.268 e. The predicted molar refractivity (Wildman–Crippen MR) is 161 cm³/mol. The maximum absolute atomic E-state index is 14.0. The third kappa shape index (κ3) is 4.69. The molecule has 3 aromatic carbocycles. The van der Waals surface area contributed by atoms with Crippen molar-refractivity contribution in [3.63, 3.8) is 0 Å². The van der Waals surface area contributed by atoms with Crippen molar-refractivity contribution in [2.24, 2.45) is 0 Å². The van der Waals surface area contributed by atoms with Crippen LogP contribution in [-0.4, -0.2) is 25.7 Å². The quantitative estimate of drug-likeness (QED) is 0.113. The van der Waals surface area contributed by atoms with Gasteiger partial charge < -0.3 is 4.57 Å². The summed E-state index contributed by atoms with van der Waals surface area (Å²) in [5.74, 6) is -0.335. The summed E-state index contributed by atoms with van der Waals surface area (Å²) in [4.78, 5) is 33.0. The highest BCUT2D eigenvalue weighted by molar-refractivity contribution is 7.99. The molecule has 5 nitrogen and oxygen atoms in total. The van der Waals surface area contributed by atoms with Crippen LogP contribution >= 0.6 is 23.1 Å². The number of Topliss-reactive ketones (excluding diaryl/α,β-unsaturated/α-hetero) is 1. The van der Waals surface area contributed by atoms with Gasteiger partial charge in [0.25, 0.3) is 5.56 Å². The van der Waals surface area contributed by atoms with E-state index in [1.807, 2.05) is 96.6 Å². The van der Waals surface area contributed by atoms with Gasteiger partial charge in [-0.2, -0.15) is 0 Å². The van der Waals surface area contributed by atoms with Gasteiger partial charge in [0.1, 0.15) is 10.6 Å². The molecule has 0 unspecified atom stereocenters. The van der Waals surface area contributed by atoms with Gasteiger partial charge in [0.05, 0.1) is 16.8 Å². The molecule has 6 aromatic rings. The van der Waals surface area contributed by atoms with Crippen molar-refractivity contribution < 1.29 is 9.18 Å². The van der Waals surface area contributed by atoms with E-state index in [9.17, 15) is 14.0 Å². The summed E-state index contributed by atoms with van der Waals surface area (Å²) in [5, 5.41) is 2.98. The molecule has 0 saturated carbocycles. The average molecular weight is 566 g/mol. The fraction of sp³-hybridized carbons (Fsp3) is 0.0938. The first-order chi connectivity index (χ1) is 19.4. The number of thiophene rings is 1. The topological polar surface area (TPSA) is 56.9 Å². The second kappa shape index (κ2) is 10.7. The second-order valence-corrected chi connectivity index (χ2v) is 11.2. The van der Waals surface area contributed by atoms with Gasteiger partial charge in [-0.05, 0) is 55.8 Å². The van der Waals surface area contributed by atoms with E-state index < -0.39 is 0 Å². The van der Waals surface area contributed by atoms with Crippen molar-refractivity contribution in [1.29, 1.82) is 0 Å². The number of hydrogen-bond acceptors (Lipinski definition) is 5. The molecule has 0 aliphatic carbocycles. The molecule has 0 spiro atoms. The average Bonchev–Trinajstić information content (AvgIpc) is 3.53. The van der Waals surface area contributed by atoms with Crippen LogP contribution in [0, 0.1) is 19.7 Å². The van der Waals surface area contributed by atoms with Gasteiger partial charge in [0, 0.05) is 33.6 Å². The molecular formula is C32H24FN3O2S2. The molecule has 40 heavy (non-hydrogen) atoms. The molecular weight excluding hydrogens is 542 g/mol. The lowest BCUT2D eigenvalue weighted by atomic mass is 10.1. The van der Waals surface area contributed by atoms with Crippen molar-refractivity contribution in [3.05, 3.63) is 129 Å². The van der Waals surface area contributed by atoms with Gasteiger partial charge in [-0.3, -0.25) is 14.2 Å². The highest BCUT2D eigenvalue weighted by Crippen LogP contribution is 2.33. The summed E-state index contributed by atoms with van der Waals surface area (Å²) in [5.41, 5.74) is 5.12. The Bertz CT molecular complexity index is 1930. The summed E-state index contributed by atoms with van der Waals surface area (Å²) in [6.45, 7) is 3.75. The van der Waals surface area contributed by atoms with Gasteiger partial charge in [0.15, 0.2) is 10.9 Å². The normalized spacial score (nSPS) is 11.3. The Morgan fingerprint density at radius 3 is 2.33 bits per heavy atom. The minimum Gasteiger partial charge on any atom is -0.318 e. The van der Waals surface area contributed by atoms with Crippen LogP contribution in [0.25, 0.3) is 32.7 Å². The number of halogens is 1. The monoisotopic (exact) mass is 565 g/mol. The van der Waals surface area contributed by atoms with Gasteiger partial charge >= 0.3 is 0 Å². The second-order valence-electron chi connectivity index (χ2n) is 9.38. The van der Waals surface area contributed by atoms with Crippen LogP contribution in [0.5, 0.6) is 0 Å². The largest absolute Gasteiger partial charge is 0.318 e. The van der Waals surface area contributed by atoms with E-state index >= 15 is 0 Å². The van der Waals surface area contributed by atoms with Crippen molar-refractivity contribution >= 4 is 39.1 Å². The number of carbonyl (C=O) groups excluding carboxylic acids is 1. The zero-order valence-electron chi connectivity index (χ0n) is 21.8. The summed E-state index contributed by atoms with van der Waals surface area (Å²) in [7, 11) is 0. The number of aryl methyl sites for hydroxylation is 1. The van der Waals surface area contributed by atoms with Crippen molar-refractivity contribution in [3.8, 4) is 22.5 Å². The molecule has 0 atom stereocenters. The SMILES string of the molecule is Cc1cc(C(=O)CSc2nc3scc(-c4ccccc4)c3c(=O)n2-c2ccccc2)c(C)n1-c1cccc(F)c1. The molecule has 0 saturated heterocycles. The summed E-state index contributed by atoms with van der Waals surface area (Å²) >= 11 is 2.66. The highest BCUT2D eigenvalue weighted by atomic mass is 32.2. The number of para-hydroxylation sites is 1. The molecule has 3 aromatic heterocycles. The molecule has 0 radical (unpaired) electrons. The number of thioether (sulfide) groups is 1. The molecule has 0 N–H and O–H groups in total. The summed E-state index contributed by atoms with van der Waals surface area (Å²) in [6.07, 6.45) is 0. The summed E-state index contributed by atoms with van der Waals surface area (Å²) < 4.78 is 17.4. The molecule has 6 rings (SSSR count). The Morgan fingerprint density at radius 1 is 0.900 bits per heavy atom. The molecule has 3 heterocycles. The van der Waals surface area contributed by atoms with Crippen LogP contribution < -0.4 is 5.56 Å². The number of aromatic nitrogens is 3. The van der Waals surface area contributed by atoms with Gasteiger partial charge in [0.2, 0.25) is 0 Å². The number of benzene rings is 3. The van der Waals surface area contributed by atoms with E-state index in [0.717, 1.165) is 22.5 Å². The molecule has 0 aliphatic heterocycles. The number of hydrogen-bond donors (Lipinski definition) is 0. The van der Waals surface area contributed by atoms with E-state index in [2.05, 4.69) is 0 Å². The lowest BCUT2D eigenvalue weighted by Gasteiger charge is -2.13. The van der Waals surface area contributed by atoms with Crippen molar-refractivity contribution in [1.82, 2.24) is 14.1 Å². The van der Waals surface area contributed by atoms with Gasteiger partial charge in [-0.15, -0.1) is 11.3 Å². The third-order valence-electron chi connectivity index (χ3n) is 6.81. The van der Waals surface area contributed by atoms with Crippen LogP contribution in [-0.2, 0) is 0 Å². The van der Waals surface area contributed by atoms with E-state index in [1.165, 1.54) is 35.2 Å². The Morgan fingerprint density at radius 2 is 1.60 bits per heavy atom.